The molecule has 1 N–H and O–H groups in total. The minimum Gasteiger partial charge on any atom is -0.340 e. The van der Waals surface area contributed by atoms with E-state index in [0.717, 1.165) is 54.7 Å². The summed E-state index contributed by atoms with van der Waals surface area (Å²) in [6, 6.07) is 7.88. The first-order valence-electron chi connectivity index (χ1n) is 9.99. The Balaban J connectivity index is 1.64. The van der Waals surface area contributed by atoms with Gasteiger partial charge in [0.05, 0.1) is 12.2 Å². The van der Waals surface area contributed by atoms with Gasteiger partial charge in [0.2, 0.25) is 11.8 Å². The van der Waals surface area contributed by atoms with Crippen molar-refractivity contribution < 1.29 is 9.59 Å². The van der Waals surface area contributed by atoms with Crippen molar-refractivity contribution >= 4 is 28.8 Å². The van der Waals surface area contributed by atoms with Crippen LogP contribution < -0.4 is 5.32 Å². The number of aromatic nitrogens is 1. The van der Waals surface area contributed by atoms with Gasteiger partial charge in [-0.3, -0.25) is 14.5 Å². The second-order valence-electron chi connectivity index (χ2n) is 8.58. The average Bonchev–Trinajstić information content (AvgIpc) is 3.02. The summed E-state index contributed by atoms with van der Waals surface area (Å²) in [6.07, 6.45) is 0. The zero-order chi connectivity index (χ0) is 21.2. The molecule has 0 spiro atoms. The van der Waals surface area contributed by atoms with E-state index in [1.165, 1.54) is 4.88 Å². The predicted molar refractivity (Wildman–Crippen MR) is 118 cm³/mol. The number of rotatable bonds is 4. The lowest BCUT2D eigenvalue weighted by Gasteiger charge is -2.33. The molecule has 0 saturated carbocycles. The summed E-state index contributed by atoms with van der Waals surface area (Å²) in [6.45, 7) is 13.6. The van der Waals surface area contributed by atoms with Gasteiger partial charge in [-0.1, -0.05) is 32.9 Å². The Morgan fingerprint density at radius 3 is 2.28 bits per heavy atom. The summed E-state index contributed by atoms with van der Waals surface area (Å²) < 4.78 is 0. The molecule has 3 rings (SSSR count). The van der Waals surface area contributed by atoms with Crippen molar-refractivity contribution in [1.82, 2.24) is 14.8 Å². The van der Waals surface area contributed by atoms with Gasteiger partial charge >= 0.3 is 0 Å². The fraction of sp³-hybridized carbons (Fsp3) is 0.500. The highest BCUT2D eigenvalue weighted by Crippen LogP contribution is 2.29. The molecule has 0 aliphatic carbocycles. The first-order valence-corrected chi connectivity index (χ1v) is 10.8. The van der Waals surface area contributed by atoms with Gasteiger partial charge in [0.1, 0.15) is 5.01 Å². The van der Waals surface area contributed by atoms with Crippen LogP contribution in [-0.4, -0.2) is 52.8 Å². The third-order valence-corrected chi connectivity index (χ3v) is 6.07. The monoisotopic (exact) mass is 414 g/mol. The van der Waals surface area contributed by atoms with Crippen molar-refractivity contribution in [1.29, 1.82) is 0 Å². The number of carbonyl (C=O) groups is 2. The van der Waals surface area contributed by atoms with Gasteiger partial charge < -0.3 is 10.2 Å². The number of piperazine rings is 1. The van der Waals surface area contributed by atoms with Gasteiger partial charge in [-0.15, -0.1) is 11.3 Å². The van der Waals surface area contributed by atoms with Gasteiger partial charge in [0.25, 0.3) is 0 Å². The van der Waals surface area contributed by atoms with Crippen LogP contribution in [0.5, 0.6) is 0 Å². The lowest BCUT2D eigenvalue weighted by atomic mass is 9.95. The summed E-state index contributed by atoms with van der Waals surface area (Å²) in [5.41, 5.74) is 2.43. The third kappa shape index (κ3) is 5.42. The summed E-state index contributed by atoms with van der Waals surface area (Å²) in [7, 11) is 0. The Morgan fingerprint density at radius 2 is 1.72 bits per heavy atom. The number of carbonyl (C=O) groups excluding carboxylic acids is 2. The maximum absolute atomic E-state index is 12.1. The lowest BCUT2D eigenvalue weighted by molar-refractivity contribution is -0.130. The Kier molecular flexibility index (Phi) is 6.39. The van der Waals surface area contributed by atoms with Crippen LogP contribution in [-0.2, 0) is 16.1 Å². The fourth-order valence-corrected chi connectivity index (χ4v) is 4.23. The van der Waals surface area contributed by atoms with Crippen LogP contribution in [0.2, 0.25) is 0 Å². The number of anilines is 1. The van der Waals surface area contributed by atoms with Crippen LogP contribution in [0, 0.1) is 12.3 Å². The van der Waals surface area contributed by atoms with E-state index in [4.69, 9.17) is 4.98 Å². The van der Waals surface area contributed by atoms with Crippen LogP contribution in [0.1, 0.15) is 37.6 Å². The van der Waals surface area contributed by atoms with E-state index in [2.05, 4.69) is 17.1 Å². The van der Waals surface area contributed by atoms with Crippen molar-refractivity contribution in [2.24, 2.45) is 5.41 Å². The quantitative estimate of drug-likeness (QED) is 0.827. The number of hydrogen-bond acceptors (Lipinski definition) is 5. The molecule has 1 aliphatic heterocycles. The molecule has 2 heterocycles. The largest absolute Gasteiger partial charge is 0.340 e. The molecule has 29 heavy (non-hydrogen) atoms. The van der Waals surface area contributed by atoms with E-state index in [1.807, 2.05) is 49.9 Å². The normalized spacial score (nSPS) is 15.4. The number of thiazole rings is 1. The zero-order valence-corrected chi connectivity index (χ0v) is 18.7. The van der Waals surface area contributed by atoms with E-state index in [0.29, 0.717) is 0 Å². The zero-order valence-electron chi connectivity index (χ0n) is 17.9. The average molecular weight is 415 g/mol. The van der Waals surface area contributed by atoms with Crippen molar-refractivity contribution in [3.63, 3.8) is 0 Å². The Morgan fingerprint density at radius 1 is 1.10 bits per heavy atom. The fourth-order valence-electron chi connectivity index (χ4n) is 3.23. The molecule has 6 nitrogen and oxygen atoms in total. The highest BCUT2D eigenvalue weighted by molar-refractivity contribution is 7.12. The smallest absolute Gasteiger partial charge is 0.229 e. The number of aryl methyl sites for hydroxylation is 1. The Hall–Kier alpha value is -2.25. The van der Waals surface area contributed by atoms with Crippen molar-refractivity contribution in [2.45, 2.75) is 41.2 Å². The molecule has 0 bridgehead atoms. The number of nitrogens with one attached hydrogen (secondary N) is 1. The Labute approximate surface area is 176 Å². The number of nitrogens with zero attached hydrogens (tertiary/aromatic N) is 3. The molecule has 1 aromatic heterocycles. The first kappa shape index (κ1) is 21.5. The molecular weight excluding hydrogens is 384 g/mol. The molecule has 156 valence electrons. The molecule has 1 aromatic carbocycles. The molecule has 2 aromatic rings. The molecule has 0 unspecified atom stereocenters. The summed E-state index contributed by atoms with van der Waals surface area (Å²) in [5, 5.41) is 4.05. The second kappa shape index (κ2) is 8.63. The SMILES string of the molecule is CC(=O)N1CCN(Cc2nc(-c3ccc(NC(=O)C(C)(C)C)cc3)c(C)s2)CC1. The molecule has 0 atom stereocenters. The summed E-state index contributed by atoms with van der Waals surface area (Å²) in [5.74, 6) is 0.154. The van der Waals surface area contributed by atoms with E-state index >= 15 is 0 Å². The van der Waals surface area contributed by atoms with E-state index < -0.39 is 5.41 Å². The van der Waals surface area contributed by atoms with E-state index in [9.17, 15) is 9.59 Å². The Bertz CT molecular complexity index is 875. The summed E-state index contributed by atoms with van der Waals surface area (Å²) >= 11 is 1.73. The predicted octanol–water partition coefficient (Wildman–Crippen LogP) is 3.77. The molecule has 1 aliphatic rings. The van der Waals surface area contributed by atoms with Gasteiger partial charge in [0.15, 0.2) is 0 Å². The molecule has 0 radical (unpaired) electrons. The van der Waals surface area contributed by atoms with Crippen LogP contribution >= 0.6 is 11.3 Å². The molecule has 1 fully saturated rings. The highest BCUT2D eigenvalue weighted by Gasteiger charge is 2.22. The van der Waals surface area contributed by atoms with Crippen LogP contribution in [0.25, 0.3) is 11.3 Å². The first-order chi connectivity index (χ1) is 13.6. The minimum atomic E-state index is -0.422. The van der Waals surface area contributed by atoms with Crippen LogP contribution in [0.15, 0.2) is 24.3 Å². The van der Waals surface area contributed by atoms with Gasteiger partial charge in [-0.05, 0) is 19.1 Å². The maximum Gasteiger partial charge on any atom is 0.229 e. The highest BCUT2D eigenvalue weighted by atomic mass is 32.1. The third-order valence-electron chi connectivity index (χ3n) is 5.11. The van der Waals surface area contributed by atoms with Crippen LogP contribution in [0.4, 0.5) is 5.69 Å². The molecule has 2 amide bonds. The topological polar surface area (TPSA) is 65.5 Å². The van der Waals surface area contributed by atoms with Gasteiger partial charge in [-0.25, -0.2) is 4.98 Å². The summed E-state index contributed by atoms with van der Waals surface area (Å²) in [4.78, 5) is 33.9. The maximum atomic E-state index is 12.1. The second-order valence-corrected chi connectivity index (χ2v) is 9.86. The molecule has 7 heteroatoms. The van der Waals surface area contributed by atoms with Crippen molar-refractivity contribution in [2.75, 3.05) is 31.5 Å². The van der Waals surface area contributed by atoms with Crippen molar-refractivity contribution in [3.8, 4) is 11.3 Å². The minimum absolute atomic E-state index is 0.00208. The molecular formula is C22H30N4O2S. The lowest BCUT2D eigenvalue weighted by Crippen LogP contribution is -2.47. The van der Waals surface area contributed by atoms with E-state index in [-0.39, 0.29) is 11.8 Å². The molecule has 1 saturated heterocycles. The van der Waals surface area contributed by atoms with Gasteiger partial charge in [-0.2, -0.15) is 0 Å². The number of hydrogen-bond donors (Lipinski definition) is 1. The standard InChI is InChI=1S/C22H30N4O2S/c1-15-20(17-6-8-18(9-7-17)23-21(28)22(3,4)5)24-19(29-15)14-25-10-12-26(13-11-25)16(2)27/h6-9H,10-14H2,1-5H3,(H,23,28). The number of benzene rings is 1. The number of amides is 2. The van der Waals surface area contributed by atoms with Gasteiger partial charge in [0, 0.05) is 54.6 Å². The van der Waals surface area contributed by atoms with E-state index in [1.54, 1.807) is 18.3 Å². The van der Waals surface area contributed by atoms with Crippen LogP contribution in [0.3, 0.4) is 0 Å². The van der Waals surface area contributed by atoms with Crippen molar-refractivity contribution in [3.05, 3.63) is 34.2 Å².